The van der Waals surface area contributed by atoms with Crippen molar-refractivity contribution < 1.29 is 18.7 Å². The molecule has 0 spiro atoms. The smallest absolute Gasteiger partial charge is 0.243 e. The van der Waals surface area contributed by atoms with Crippen molar-refractivity contribution in [2.24, 2.45) is 0 Å². The van der Waals surface area contributed by atoms with Crippen LogP contribution in [-0.2, 0) is 11.2 Å². The van der Waals surface area contributed by atoms with Crippen LogP contribution in [0.1, 0.15) is 17.5 Å². The van der Waals surface area contributed by atoms with E-state index in [9.17, 15) is 9.18 Å². The molecule has 0 heterocycles. The van der Waals surface area contributed by atoms with E-state index in [-0.39, 0.29) is 11.7 Å². The zero-order valence-corrected chi connectivity index (χ0v) is 17.3. The number of benzene rings is 2. The predicted octanol–water partition coefficient (Wildman–Crippen LogP) is 3.54. The Hall–Kier alpha value is -2.86. The Morgan fingerprint density at radius 3 is 2.62 bits per heavy atom. The predicted molar refractivity (Wildman–Crippen MR) is 114 cm³/mol. The van der Waals surface area contributed by atoms with Crippen molar-refractivity contribution in [3.05, 3.63) is 65.5 Å². The highest BCUT2D eigenvalue weighted by atomic mass is 19.1. The molecule has 0 aliphatic heterocycles. The third kappa shape index (κ3) is 7.95. The first-order chi connectivity index (χ1) is 14.0. The first kappa shape index (κ1) is 22.4. The summed E-state index contributed by atoms with van der Waals surface area (Å²) >= 11 is 0. The average Bonchev–Trinajstić information content (AvgIpc) is 2.73. The van der Waals surface area contributed by atoms with Crippen LogP contribution in [0.3, 0.4) is 0 Å². The van der Waals surface area contributed by atoms with Gasteiger partial charge in [-0.15, -0.1) is 0 Å². The van der Waals surface area contributed by atoms with Crippen LogP contribution in [0, 0.1) is 5.82 Å². The zero-order chi connectivity index (χ0) is 21.1. The lowest BCUT2D eigenvalue weighted by atomic mass is 10.1. The van der Waals surface area contributed by atoms with Gasteiger partial charge in [0.25, 0.3) is 0 Å². The van der Waals surface area contributed by atoms with Crippen molar-refractivity contribution in [2.75, 3.05) is 40.9 Å². The van der Waals surface area contributed by atoms with Gasteiger partial charge in [0.2, 0.25) is 5.91 Å². The number of rotatable bonds is 11. The van der Waals surface area contributed by atoms with Gasteiger partial charge in [-0.2, -0.15) is 0 Å². The molecule has 5 nitrogen and oxygen atoms in total. The van der Waals surface area contributed by atoms with E-state index >= 15 is 0 Å². The molecule has 0 saturated carbocycles. The van der Waals surface area contributed by atoms with Crippen LogP contribution in [-0.4, -0.2) is 51.7 Å². The molecule has 0 bridgehead atoms. The number of likely N-dealkylation sites (N-methyl/N-ethyl adjacent to an activating group) is 1. The highest BCUT2D eigenvalue weighted by Gasteiger charge is 2.06. The van der Waals surface area contributed by atoms with Crippen molar-refractivity contribution >= 4 is 12.0 Å². The minimum atomic E-state index is -0.316. The van der Waals surface area contributed by atoms with E-state index in [0.29, 0.717) is 12.1 Å². The molecule has 6 heteroatoms. The summed E-state index contributed by atoms with van der Waals surface area (Å²) in [6, 6.07) is 12.1. The van der Waals surface area contributed by atoms with Crippen LogP contribution in [0.2, 0.25) is 0 Å². The van der Waals surface area contributed by atoms with Crippen LogP contribution >= 0.6 is 0 Å². The Labute approximate surface area is 172 Å². The summed E-state index contributed by atoms with van der Waals surface area (Å²) in [7, 11) is 5.32. The molecule has 29 heavy (non-hydrogen) atoms. The van der Waals surface area contributed by atoms with Gasteiger partial charge < -0.3 is 19.7 Å². The summed E-state index contributed by atoms with van der Waals surface area (Å²) in [4.78, 5) is 14.1. The highest BCUT2D eigenvalue weighted by molar-refractivity contribution is 5.91. The topological polar surface area (TPSA) is 50.8 Å². The molecule has 0 atom stereocenters. The monoisotopic (exact) mass is 400 g/mol. The lowest BCUT2D eigenvalue weighted by Gasteiger charge is -2.17. The second-order valence-corrected chi connectivity index (χ2v) is 6.78. The Balaban J connectivity index is 1.65. The molecular weight excluding hydrogens is 371 g/mol. The average molecular weight is 400 g/mol. The van der Waals surface area contributed by atoms with Gasteiger partial charge in [-0.25, -0.2) is 4.39 Å². The Bertz CT molecular complexity index is 824. The van der Waals surface area contributed by atoms with Gasteiger partial charge in [0.1, 0.15) is 5.82 Å². The van der Waals surface area contributed by atoms with Crippen molar-refractivity contribution in [1.29, 1.82) is 0 Å². The van der Waals surface area contributed by atoms with Gasteiger partial charge in [-0.1, -0.05) is 18.2 Å². The van der Waals surface area contributed by atoms with E-state index in [4.69, 9.17) is 9.47 Å². The number of nitrogens with one attached hydrogen (secondary N) is 1. The molecule has 0 fully saturated rings. The fourth-order valence-electron chi connectivity index (χ4n) is 2.87. The number of halogens is 1. The SMILES string of the molecule is COc1ccc(CCN(C)CCCNC(=O)/C=C/c2cccc(F)c2)cc1OC. The van der Waals surface area contributed by atoms with Gasteiger partial charge in [0.15, 0.2) is 11.5 Å². The maximum absolute atomic E-state index is 13.1. The van der Waals surface area contributed by atoms with Crippen molar-refractivity contribution in [3.63, 3.8) is 0 Å². The number of amides is 1. The second kappa shape index (κ2) is 11.9. The quantitative estimate of drug-likeness (QED) is 0.463. The molecule has 0 radical (unpaired) electrons. The van der Waals surface area contributed by atoms with Gasteiger partial charge in [-0.3, -0.25) is 4.79 Å². The molecule has 1 N–H and O–H groups in total. The maximum Gasteiger partial charge on any atom is 0.243 e. The van der Waals surface area contributed by atoms with Crippen LogP contribution in [0.25, 0.3) is 6.08 Å². The molecule has 2 rings (SSSR count). The third-order valence-electron chi connectivity index (χ3n) is 4.52. The number of hydrogen-bond donors (Lipinski definition) is 1. The summed E-state index contributed by atoms with van der Waals surface area (Å²) in [5.41, 5.74) is 1.85. The summed E-state index contributed by atoms with van der Waals surface area (Å²) in [5.74, 6) is 0.972. The standard InChI is InChI=1S/C23H29FN2O3/c1-26(15-12-19-8-10-21(28-2)22(17-19)29-3)14-5-13-25-23(27)11-9-18-6-4-7-20(24)16-18/h4,6-11,16-17H,5,12-15H2,1-3H3,(H,25,27)/b11-9+. The molecule has 0 saturated heterocycles. The summed E-state index contributed by atoms with van der Waals surface area (Å²) in [6.07, 6.45) is 4.78. The minimum Gasteiger partial charge on any atom is -0.493 e. The van der Waals surface area contributed by atoms with Gasteiger partial charge in [-0.05, 0) is 67.9 Å². The van der Waals surface area contributed by atoms with Crippen molar-refractivity contribution in [2.45, 2.75) is 12.8 Å². The van der Waals surface area contributed by atoms with E-state index < -0.39 is 0 Å². The number of carbonyl (C=O) groups excluding carboxylic acids is 1. The number of carbonyl (C=O) groups is 1. The summed E-state index contributed by atoms with van der Waals surface area (Å²) in [5, 5.41) is 2.85. The second-order valence-electron chi connectivity index (χ2n) is 6.78. The zero-order valence-electron chi connectivity index (χ0n) is 17.3. The Kier molecular flexibility index (Phi) is 9.18. The molecule has 0 aliphatic rings. The lowest BCUT2D eigenvalue weighted by Crippen LogP contribution is -2.28. The summed E-state index contributed by atoms with van der Waals surface area (Å²) in [6.45, 7) is 2.37. The lowest BCUT2D eigenvalue weighted by molar-refractivity contribution is -0.116. The largest absolute Gasteiger partial charge is 0.493 e. The number of hydrogen-bond acceptors (Lipinski definition) is 4. The molecule has 156 valence electrons. The highest BCUT2D eigenvalue weighted by Crippen LogP contribution is 2.27. The first-order valence-corrected chi connectivity index (χ1v) is 9.62. The van der Waals surface area contributed by atoms with E-state index in [0.717, 1.165) is 37.4 Å². The van der Waals surface area contributed by atoms with Crippen LogP contribution in [0.15, 0.2) is 48.5 Å². The van der Waals surface area contributed by atoms with Gasteiger partial charge >= 0.3 is 0 Å². The number of methoxy groups -OCH3 is 2. The van der Waals surface area contributed by atoms with Crippen molar-refractivity contribution in [1.82, 2.24) is 10.2 Å². The molecular formula is C23H29FN2O3. The first-order valence-electron chi connectivity index (χ1n) is 9.62. The van der Waals surface area contributed by atoms with Crippen molar-refractivity contribution in [3.8, 4) is 11.5 Å². The molecule has 0 unspecified atom stereocenters. The molecule has 2 aromatic rings. The van der Waals surface area contributed by atoms with E-state index in [2.05, 4.69) is 17.3 Å². The van der Waals surface area contributed by atoms with Crippen LogP contribution in [0.4, 0.5) is 4.39 Å². The van der Waals surface area contributed by atoms with Crippen LogP contribution < -0.4 is 14.8 Å². The van der Waals surface area contributed by atoms with Crippen LogP contribution in [0.5, 0.6) is 11.5 Å². The Morgan fingerprint density at radius 2 is 1.90 bits per heavy atom. The van der Waals surface area contributed by atoms with E-state index in [1.807, 2.05) is 18.2 Å². The fourth-order valence-corrected chi connectivity index (χ4v) is 2.87. The molecule has 0 aromatic heterocycles. The number of nitrogens with zero attached hydrogens (tertiary/aromatic N) is 1. The minimum absolute atomic E-state index is 0.178. The fraction of sp³-hybridized carbons (Fsp3) is 0.348. The van der Waals surface area contributed by atoms with Gasteiger partial charge in [0, 0.05) is 19.2 Å². The summed E-state index contributed by atoms with van der Waals surface area (Å²) < 4.78 is 23.7. The molecule has 2 aromatic carbocycles. The van der Waals surface area contributed by atoms with E-state index in [1.165, 1.54) is 23.8 Å². The van der Waals surface area contributed by atoms with Gasteiger partial charge in [0.05, 0.1) is 14.2 Å². The molecule has 1 amide bonds. The molecule has 0 aliphatic carbocycles. The third-order valence-corrected chi connectivity index (χ3v) is 4.52. The number of ether oxygens (including phenoxy) is 2. The Morgan fingerprint density at radius 1 is 1.10 bits per heavy atom. The normalized spacial score (nSPS) is 11.1. The van der Waals surface area contributed by atoms with E-state index in [1.54, 1.807) is 32.4 Å². The maximum atomic E-state index is 13.1.